The first kappa shape index (κ1) is 13.8. The standard InChI is InChI=1S/C16H18N2O3/c1-11-14(9-18-21-11)15(19)17-10-16(20)7-6-12-4-2-3-5-13(12)8-16/h2-5,9,20H,6-8,10H2,1H3,(H,17,19)/t16-/m0/s1. The summed E-state index contributed by atoms with van der Waals surface area (Å²) in [5.74, 6) is 0.217. The van der Waals surface area contributed by atoms with E-state index in [-0.39, 0.29) is 12.5 Å². The molecule has 0 saturated heterocycles. The van der Waals surface area contributed by atoms with Crippen molar-refractivity contribution in [2.24, 2.45) is 0 Å². The largest absolute Gasteiger partial charge is 0.388 e. The number of rotatable bonds is 3. The summed E-state index contributed by atoms with van der Waals surface area (Å²) in [6, 6.07) is 8.11. The van der Waals surface area contributed by atoms with Crippen molar-refractivity contribution < 1.29 is 14.4 Å². The molecule has 3 rings (SSSR count). The van der Waals surface area contributed by atoms with Gasteiger partial charge < -0.3 is 14.9 Å². The molecule has 2 N–H and O–H groups in total. The summed E-state index contributed by atoms with van der Waals surface area (Å²) in [7, 11) is 0. The molecule has 1 aromatic heterocycles. The van der Waals surface area contributed by atoms with Gasteiger partial charge in [0.1, 0.15) is 11.3 Å². The molecule has 1 heterocycles. The van der Waals surface area contributed by atoms with Gasteiger partial charge in [-0.1, -0.05) is 29.4 Å². The molecule has 1 aromatic carbocycles. The maximum Gasteiger partial charge on any atom is 0.256 e. The number of nitrogens with one attached hydrogen (secondary N) is 1. The normalized spacial score (nSPS) is 20.9. The van der Waals surface area contributed by atoms with Gasteiger partial charge in [0.2, 0.25) is 0 Å². The molecule has 0 aliphatic heterocycles. The van der Waals surface area contributed by atoms with Crippen molar-refractivity contribution >= 4 is 5.91 Å². The Morgan fingerprint density at radius 2 is 2.19 bits per heavy atom. The molecule has 2 aromatic rings. The predicted octanol–water partition coefficient (Wildman–Crippen LogP) is 1.63. The molecule has 1 aliphatic rings. The van der Waals surface area contributed by atoms with Gasteiger partial charge in [-0.05, 0) is 30.9 Å². The lowest BCUT2D eigenvalue weighted by molar-refractivity contribution is 0.0259. The van der Waals surface area contributed by atoms with Gasteiger partial charge in [-0.25, -0.2) is 0 Å². The monoisotopic (exact) mass is 286 g/mol. The molecule has 5 nitrogen and oxygen atoms in total. The van der Waals surface area contributed by atoms with Crippen molar-refractivity contribution in [3.63, 3.8) is 0 Å². The number of aromatic nitrogens is 1. The molecule has 21 heavy (non-hydrogen) atoms. The molecule has 0 unspecified atom stereocenters. The lowest BCUT2D eigenvalue weighted by Crippen LogP contribution is -2.46. The summed E-state index contributed by atoms with van der Waals surface area (Å²) in [5, 5.41) is 17.0. The smallest absolute Gasteiger partial charge is 0.256 e. The van der Waals surface area contributed by atoms with Crippen LogP contribution in [0.4, 0.5) is 0 Å². The molecule has 1 aliphatic carbocycles. The highest BCUT2D eigenvalue weighted by Crippen LogP contribution is 2.28. The van der Waals surface area contributed by atoms with Gasteiger partial charge in [-0.15, -0.1) is 0 Å². The number of aryl methyl sites for hydroxylation is 2. The summed E-state index contributed by atoms with van der Waals surface area (Å²) < 4.78 is 4.88. The number of fused-ring (bicyclic) bond motifs is 1. The minimum Gasteiger partial charge on any atom is -0.388 e. The van der Waals surface area contributed by atoms with E-state index in [2.05, 4.69) is 16.5 Å². The van der Waals surface area contributed by atoms with Crippen LogP contribution in [0.25, 0.3) is 0 Å². The Kier molecular flexibility index (Phi) is 3.51. The number of nitrogens with zero attached hydrogens (tertiary/aromatic N) is 1. The minimum atomic E-state index is -0.894. The van der Waals surface area contributed by atoms with Crippen LogP contribution in [0.5, 0.6) is 0 Å². The van der Waals surface area contributed by atoms with Crippen molar-refractivity contribution in [3.8, 4) is 0 Å². The summed E-state index contributed by atoms with van der Waals surface area (Å²) in [4.78, 5) is 12.0. The molecular weight excluding hydrogens is 268 g/mol. The average molecular weight is 286 g/mol. The van der Waals surface area contributed by atoms with E-state index in [4.69, 9.17) is 4.52 Å². The van der Waals surface area contributed by atoms with Crippen LogP contribution < -0.4 is 5.32 Å². The first-order valence-electron chi connectivity index (χ1n) is 7.06. The van der Waals surface area contributed by atoms with E-state index in [1.807, 2.05) is 18.2 Å². The van der Waals surface area contributed by atoms with Crippen molar-refractivity contribution in [2.45, 2.75) is 31.8 Å². The zero-order chi connectivity index (χ0) is 14.9. The summed E-state index contributed by atoms with van der Waals surface area (Å²) in [6.07, 6.45) is 3.43. The number of benzene rings is 1. The van der Waals surface area contributed by atoms with Crippen molar-refractivity contribution in [3.05, 3.63) is 52.9 Å². The molecule has 0 fully saturated rings. The summed E-state index contributed by atoms with van der Waals surface area (Å²) >= 11 is 0. The molecule has 0 bridgehead atoms. The van der Waals surface area contributed by atoms with Crippen LogP contribution in [0.1, 0.15) is 33.7 Å². The van der Waals surface area contributed by atoms with Gasteiger partial charge in [0.25, 0.3) is 5.91 Å². The second-order valence-corrected chi connectivity index (χ2v) is 5.65. The van der Waals surface area contributed by atoms with Gasteiger partial charge in [-0.3, -0.25) is 4.79 Å². The van der Waals surface area contributed by atoms with E-state index in [0.29, 0.717) is 24.2 Å². The van der Waals surface area contributed by atoms with E-state index < -0.39 is 5.60 Å². The van der Waals surface area contributed by atoms with Gasteiger partial charge in [0.05, 0.1) is 11.8 Å². The zero-order valence-corrected chi connectivity index (χ0v) is 11.9. The Balaban J connectivity index is 1.66. The third-order valence-electron chi connectivity index (χ3n) is 4.07. The Hall–Kier alpha value is -2.14. The van der Waals surface area contributed by atoms with Gasteiger partial charge in [0, 0.05) is 13.0 Å². The number of hydrogen-bond donors (Lipinski definition) is 2. The maximum atomic E-state index is 12.0. The third kappa shape index (κ3) is 2.83. The summed E-state index contributed by atoms with van der Waals surface area (Å²) in [6.45, 7) is 1.91. The van der Waals surface area contributed by atoms with Crippen molar-refractivity contribution in [1.82, 2.24) is 10.5 Å². The highest BCUT2D eigenvalue weighted by Gasteiger charge is 2.32. The van der Waals surface area contributed by atoms with E-state index in [0.717, 1.165) is 12.0 Å². The van der Waals surface area contributed by atoms with Crippen LogP contribution in [-0.4, -0.2) is 28.3 Å². The van der Waals surface area contributed by atoms with E-state index in [1.165, 1.54) is 11.8 Å². The Morgan fingerprint density at radius 1 is 1.43 bits per heavy atom. The van der Waals surface area contributed by atoms with E-state index in [1.54, 1.807) is 6.92 Å². The fraction of sp³-hybridized carbons (Fsp3) is 0.375. The number of amides is 1. The molecule has 1 atom stereocenters. The van der Waals surface area contributed by atoms with Crippen LogP contribution in [0.3, 0.4) is 0 Å². The minimum absolute atomic E-state index is 0.227. The highest BCUT2D eigenvalue weighted by molar-refractivity contribution is 5.94. The van der Waals surface area contributed by atoms with Gasteiger partial charge in [0.15, 0.2) is 0 Å². The molecule has 5 heteroatoms. The van der Waals surface area contributed by atoms with Crippen molar-refractivity contribution in [2.75, 3.05) is 6.54 Å². The van der Waals surface area contributed by atoms with E-state index >= 15 is 0 Å². The Morgan fingerprint density at radius 3 is 2.90 bits per heavy atom. The van der Waals surface area contributed by atoms with Crippen LogP contribution in [0.15, 0.2) is 35.0 Å². The topological polar surface area (TPSA) is 75.4 Å². The zero-order valence-electron chi connectivity index (χ0n) is 11.9. The maximum absolute atomic E-state index is 12.0. The molecule has 0 spiro atoms. The number of carbonyl (C=O) groups is 1. The number of aliphatic hydroxyl groups is 1. The Bertz CT molecular complexity index is 665. The van der Waals surface area contributed by atoms with Crippen LogP contribution in [-0.2, 0) is 12.8 Å². The predicted molar refractivity (Wildman–Crippen MR) is 77.0 cm³/mol. The third-order valence-corrected chi connectivity index (χ3v) is 4.07. The second kappa shape index (κ2) is 5.33. The number of hydrogen-bond acceptors (Lipinski definition) is 4. The molecule has 110 valence electrons. The fourth-order valence-corrected chi connectivity index (χ4v) is 2.79. The molecule has 0 saturated carbocycles. The highest BCUT2D eigenvalue weighted by atomic mass is 16.5. The first-order chi connectivity index (χ1) is 10.1. The van der Waals surface area contributed by atoms with Crippen LogP contribution >= 0.6 is 0 Å². The lowest BCUT2D eigenvalue weighted by atomic mass is 9.80. The van der Waals surface area contributed by atoms with Gasteiger partial charge >= 0.3 is 0 Å². The van der Waals surface area contributed by atoms with Crippen molar-refractivity contribution in [1.29, 1.82) is 0 Å². The van der Waals surface area contributed by atoms with Gasteiger partial charge in [-0.2, -0.15) is 0 Å². The number of carbonyl (C=O) groups excluding carboxylic acids is 1. The van der Waals surface area contributed by atoms with Crippen LogP contribution in [0.2, 0.25) is 0 Å². The molecular formula is C16H18N2O3. The quantitative estimate of drug-likeness (QED) is 0.899. The summed E-state index contributed by atoms with van der Waals surface area (Å²) in [5.41, 5.74) is 1.95. The second-order valence-electron chi connectivity index (χ2n) is 5.65. The fourth-order valence-electron chi connectivity index (χ4n) is 2.79. The SMILES string of the molecule is Cc1oncc1C(=O)NC[C@]1(O)CCc2ccccc2C1. The Labute approximate surface area is 123 Å². The van der Waals surface area contributed by atoms with Crippen LogP contribution in [0, 0.1) is 6.92 Å². The average Bonchev–Trinajstić information content (AvgIpc) is 2.91. The lowest BCUT2D eigenvalue weighted by Gasteiger charge is -2.33. The first-order valence-corrected chi connectivity index (χ1v) is 7.06. The molecule has 0 radical (unpaired) electrons. The van der Waals surface area contributed by atoms with E-state index in [9.17, 15) is 9.90 Å². The molecule has 1 amide bonds.